The summed E-state index contributed by atoms with van der Waals surface area (Å²) in [5.74, 6) is 0.641. The molecule has 212 valence electrons. The van der Waals surface area contributed by atoms with Crippen LogP contribution in [0.15, 0.2) is 85.3 Å². The molecule has 0 radical (unpaired) electrons. The van der Waals surface area contributed by atoms with E-state index in [9.17, 15) is 9.59 Å². The highest BCUT2D eigenvalue weighted by Crippen LogP contribution is 2.40. The molecule has 0 atom stereocenters. The molecule has 0 aliphatic carbocycles. The monoisotopic (exact) mass is 561 g/mol. The summed E-state index contributed by atoms with van der Waals surface area (Å²) in [4.78, 5) is 40.4. The Bertz CT molecular complexity index is 1790. The van der Waals surface area contributed by atoms with Crippen LogP contribution in [-0.4, -0.2) is 56.7 Å². The van der Waals surface area contributed by atoms with E-state index in [0.29, 0.717) is 40.6 Å². The molecule has 0 saturated heterocycles. The van der Waals surface area contributed by atoms with Crippen molar-refractivity contribution in [2.75, 3.05) is 26.0 Å². The molecule has 0 fully saturated rings. The molecule has 4 aromatic heterocycles. The van der Waals surface area contributed by atoms with Gasteiger partial charge in [0.15, 0.2) is 0 Å². The van der Waals surface area contributed by atoms with E-state index in [1.54, 1.807) is 30.6 Å². The molecule has 10 heteroatoms. The fourth-order valence-electron chi connectivity index (χ4n) is 4.60. The maximum Gasteiger partial charge on any atom is 0.251 e. The van der Waals surface area contributed by atoms with Gasteiger partial charge in [-0.15, -0.1) is 0 Å². The lowest BCUT2D eigenvalue weighted by molar-refractivity contribution is -0.111. The Kier molecular flexibility index (Phi) is 8.07. The fourth-order valence-corrected chi connectivity index (χ4v) is 4.60. The minimum atomic E-state index is -0.579. The van der Waals surface area contributed by atoms with E-state index in [1.807, 2.05) is 85.9 Å². The molecule has 0 spiro atoms. The predicted octanol–water partition coefficient (Wildman–Crippen LogP) is 5.02. The van der Waals surface area contributed by atoms with Gasteiger partial charge in [-0.3, -0.25) is 14.6 Å². The van der Waals surface area contributed by atoms with Gasteiger partial charge in [-0.1, -0.05) is 24.3 Å². The summed E-state index contributed by atoms with van der Waals surface area (Å²) in [5, 5.41) is 2.77. The largest absolute Gasteiger partial charge is 0.439 e. The molecular formula is C32H31N7O3. The molecule has 2 amide bonds. The second kappa shape index (κ2) is 12.0. The first-order chi connectivity index (χ1) is 20.2. The Labute approximate surface area is 243 Å². The zero-order valence-electron chi connectivity index (χ0n) is 23.8. The number of rotatable bonds is 9. The third-order valence-corrected chi connectivity index (χ3v) is 6.45. The van der Waals surface area contributed by atoms with Crippen molar-refractivity contribution in [3.63, 3.8) is 0 Å². The third-order valence-electron chi connectivity index (χ3n) is 6.45. The quantitative estimate of drug-likeness (QED) is 0.242. The Morgan fingerprint density at radius 1 is 0.976 bits per heavy atom. The van der Waals surface area contributed by atoms with Gasteiger partial charge in [0.05, 0.1) is 28.7 Å². The number of likely N-dealkylation sites (N-methyl/N-ethyl adjacent to an activating group) is 1. The molecule has 4 heterocycles. The molecule has 5 rings (SSSR count). The van der Waals surface area contributed by atoms with Gasteiger partial charge in [-0.05, 0) is 63.8 Å². The molecular weight excluding hydrogens is 530 g/mol. The van der Waals surface area contributed by atoms with E-state index in [0.717, 1.165) is 28.2 Å². The number of hydrogen-bond acceptors (Lipinski definition) is 7. The maximum atomic E-state index is 12.9. The first-order valence-corrected chi connectivity index (χ1v) is 13.3. The SMILES string of the molecule is Cc1cn2c(-c3ccc(NC(=O)/C=C/CN(C)C)nc3)c(-c3ccc(Oc4cccc(C)n4)cc3)c(C(N)=O)c2cn1. The van der Waals surface area contributed by atoms with E-state index >= 15 is 0 Å². The molecule has 0 aliphatic heterocycles. The number of benzene rings is 1. The molecule has 0 saturated carbocycles. The molecule has 0 unspecified atom stereocenters. The molecule has 42 heavy (non-hydrogen) atoms. The van der Waals surface area contributed by atoms with Crippen LogP contribution >= 0.6 is 0 Å². The Morgan fingerprint density at radius 3 is 2.40 bits per heavy atom. The van der Waals surface area contributed by atoms with E-state index in [2.05, 4.69) is 20.3 Å². The van der Waals surface area contributed by atoms with Crippen molar-refractivity contribution < 1.29 is 14.3 Å². The topological polar surface area (TPSA) is 128 Å². The van der Waals surface area contributed by atoms with Gasteiger partial charge in [0.2, 0.25) is 11.8 Å². The zero-order valence-corrected chi connectivity index (χ0v) is 23.8. The lowest BCUT2D eigenvalue weighted by atomic mass is 9.97. The summed E-state index contributed by atoms with van der Waals surface area (Å²) in [6.07, 6.45) is 8.41. The second-order valence-electron chi connectivity index (χ2n) is 10.1. The van der Waals surface area contributed by atoms with Crippen molar-refractivity contribution in [3.8, 4) is 34.0 Å². The number of nitrogens with two attached hydrogens (primary N) is 1. The van der Waals surface area contributed by atoms with Crippen molar-refractivity contribution in [2.24, 2.45) is 5.73 Å². The number of aryl methyl sites for hydroxylation is 2. The highest BCUT2D eigenvalue weighted by atomic mass is 16.5. The molecule has 0 aliphatic rings. The number of anilines is 1. The zero-order chi connectivity index (χ0) is 29.8. The van der Waals surface area contributed by atoms with Crippen LogP contribution in [0.5, 0.6) is 11.6 Å². The Balaban J connectivity index is 1.55. The predicted molar refractivity (Wildman–Crippen MR) is 162 cm³/mol. The van der Waals surface area contributed by atoms with Crippen LogP contribution in [-0.2, 0) is 4.79 Å². The van der Waals surface area contributed by atoms with Crippen LogP contribution in [0.2, 0.25) is 0 Å². The average Bonchev–Trinajstić information content (AvgIpc) is 3.28. The molecule has 1 aromatic carbocycles. The van der Waals surface area contributed by atoms with Crippen LogP contribution in [0.1, 0.15) is 21.7 Å². The van der Waals surface area contributed by atoms with Crippen LogP contribution in [0, 0.1) is 13.8 Å². The number of fused-ring (bicyclic) bond motifs is 1. The van der Waals surface area contributed by atoms with E-state index in [1.165, 1.54) is 6.08 Å². The number of carbonyl (C=O) groups excluding carboxylic acids is 2. The highest BCUT2D eigenvalue weighted by molar-refractivity contribution is 6.10. The minimum absolute atomic E-state index is 0.271. The summed E-state index contributed by atoms with van der Waals surface area (Å²) in [6, 6.07) is 16.5. The van der Waals surface area contributed by atoms with E-state index in [-0.39, 0.29) is 5.91 Å². The number of primary amides is 1. The number of nitrogens with zero attached hydrogens (tertiary/aromatic N) is 5. The Hall–Kier alpha value is -5.35. The lowest BCUT2D eigenvalue weighted by Gasteiger charge is -2.11. The standard InChI is InChI=1S/C32H31N7O3/c1-20-7-5-9-28(36-20)42-24-13-10-22(11-14-24)29-30(32(33)41)25-18-34-21(2)19-39(25)31(29)23-12-15-26(35-17-23)37-27(40)8-6-16-38(3)4/h5-15,17-19H,16H2,1-4H3,(H2,33,41)(H,35,37,40)/b8-6+. The van der Waals surface area contributed by atoms with Gasteiger partial charge < -0.3 is 25.1 Å². The van der Waals surface area contributed by atoms with Crippen molar-refractivity contribution >= 4 is 23.1 Å². The van der Waals surface area contributed by atoms with Gasteiger partial charge in [-0.2, -0.15) is 0 Å². The number of ether oxygens (including phenoxy) is 1. The summed E-state index contributed by atoms with van der Waals surface area (Å²) < 4.78 is 7.83. The van der Waals surface area contributed by atoms with Crippen molar-refractivity contribution in [2.45, 2.75) is 13.8 Å². The van der Waals surface area contributed by atoms with E-state index < -0.39 is 5.91 Å². The number of hydrogen-bond donors (Lipinski definition) is 2. The van der Waals surface area contributed by atoms with Gasteiger partial charge in [0, 0.05) is 47.9 Å². The summed E-state index contributed by atoms with van der Waals surface area (Å²) in [6.45, 7) is 4.42. The van der Waals surface area contributed by atoms with Gasteiger partial charge in [0.25, 0.3) is 5.91 Å². The molecule has 0 bridgehead atoms. The summed E-state index contributed by atoms with van der Waals surface area (Å²) >= 11 is 0. The summed E-state index contributed by atoms with van der Waals surface area (Å²) in [5.41, 5.74) is 11.3. The van der Waals surface area contributed by atoms with Crippen LogP contribution in [0.25, 0.3) is 27.9 Å². The lowest BCUT2D eigenvalue weighted by Crippen LogP contribution is -2.13. The number of nitrogens with one attached hydrogen (secondary N) is 1. The Morgan fingerprint density at radius 2 is 1.74 bits per heavy atom. The van der Waals surface area contributed by atoms with Crippen LogP contribution in [0.3, 0.4) is 0 Å². The summed E-state index contributed by atoms with van der Waals surface area (Å²) in [7, 11) is 3.85. The normalized spacial score (nSPS) is 11.4. The van der Waals surface area contributed by atoms with Crippen LogP contribution in [0.4, 0.5) is 5.82 Å². The number of pyridine rings is 2. The molecule has 10 nitrogen and oxygen atoms in total. The maximum absolute atomic E-state index is 12.9. The number of carbonyl (C=O) groups is 2. The second-order valence-corrected chi connectivity index (χ2v) is 10.1. The fraction of sp³-hybridized carbons (Fsp3) is 0.156. The van der Waals surface area contributed by atoms with Gasteiger partial charge in [-0.25, -0.2) is 9.97 Å². The van der Waals surface area contributed by atoms with Crippen molar-refractivity contribution in [3.05, 3.63) is 102 Å². The van der Waals surface area contributed by atoms with Gasteiger partial charge in [0.1, 0.15) is 11.6 Å². The minimum Gasteiger partial charge on any atom is -0.439 e. The van der Waals surface area contributed by atoms with Gasteiger partial charge >= 0.3 is 0 Å². The van der Waals surface area contributed by atoms with E-state index in [4.69, 9.17) is 10.5 Å². The smallest absolute Gasteiger partial charge is 0.251 e. The first kappa shape index (κ1) is 28.2. The van der Waals surface area contributed by atoms with Crippen molar-refractivity contribution in [1.29, 1.82) is 0 Å². The molecule has 5 aromatic rings. The third kappa shape index (κ3) is 6.18. The number of aromatic nitrogens is 4. The van der Waals surface area contributed by atoms with Crippen molar-refractivity contribution in [1.82, 2.24) is 24.3 Å². The molecule has 3 N–H and O–H groups in total. The number of amides is 2. The average molecular weight is 562 g/mol. The van der Waals surface area contributed by atoms with Crippen LogP contribution < -0.4 is 15.8 Å². The highest BCUT2D eigenvalue weighted by Gasteiger charge is 2.25. The first-order valence-electron chi connectivity index (χ1n) is 13.3.